The number of hydrogen-bond donors (Lipinski definition) is 4. The van der Waals surface area contributed by atoms with E-state index in [0.717, 1.165) is 18.4 Å². The van der Waals surface area contributed by atoms with Gasteiger partial charge in [0.05, 0.1) is 12.8 Å². The highest BCUT2D eigenvalue weighted by Crippen LogP contribution is 2.27. The molecule has 1 aliphatic rings. The Morgan fingerprint density at radius 2 is 1.95 bits per heavy atom. The number of amides is 3. The summed E-state index contributed by atoms with van der Waals surface area (Å²) in [5.41, 5.74) is 7.89. The highest BCUT2D eigenvalue weighted by molar-refractivity contribution is 5.96. The van der Waals surface area contributed by atoms with E-state index < -0.39 is 5.91 Å². The Kier molecular flexibility index (Phi) is 11.2. The molecular weight excluding hydrogens is 514 g/mol. The summed E-state index contributed by atoms with van der Waals surface area (Å²) in [4.78, 5) is 46.8. The number of nitrogens with zero attached hydrogens (tertiary/aromatic N) is 3. The van der Waals surface area contributed by atoms with Gasteiger partial charge in [0.15, 0.2) is 17.3 Å². The van der Waals surface area contributed by atoms with Crippen LogP contribution in [0.2, 0.25) is 0 Å². The van der Waals surface area contributed by atoms with E-state index in [1.165, 1.54) is 11.0 Å². The maximum Gasteiger partial charge on any atom is 0.271 e. The number of aromatic nitrogens is 2. The van der Waals surface area contributed by atoms with E-state index in [4.69, 9.17) is 20.2 Å². The maximum absolute atomic E-state index is 12.3. The minimum absolute atomic E-state index is 0.0471. The summed E-state index contributed by atoms with van der Waals surface area (Å²) < 4.78 is 10.9. The minimum atomic E-state index is -0.686. The van der Waals surface area contributed by atoms with Crippen molar-refractivity contribution in [1.82, 2.24) is 20.2 Å². The average molecular weight is 554 g/mol. The molecule has 2 aromatic rings. The first-order valence-electron chi connectivity index (χ1n) is 13.4. The molecule has 3 rings (SSSR count). The Labute approximate surface area is 234 Å². The van der Waals surface area contributed by atoms with Crippen LogP contribution in [0.5, 0.6) is 5.75 Å². The lowest BCUT2D eigenvalue weighted by atomic mass is 10.1. The summed E-state index contributed by atoms with van der Waals surface area (Å²) in [6.07, 6.45) is 4.21. The van der Waals surface area contributed by atoms with Crippen LogP contribution >= 0.6 is 0 Å². The first-order valence-corrected chi connectivity index (χ1v) is 13.4. The van der Waals surface area contributed by atoms with Gasteiger partial charge in [-0.25, -0.2) is 9.97 Å². The molecule has 1 aromatic carbocycles. The van der Waals surface area contributed by atoms with Crippen molar-refractivity contribution in [2.75, 3.05) is 51.1 Å². The molecule has 12 heteroatoms. The first-order chi connectivity index (χ1) is 19.2. The normalized spacial score (nSPS) is 13.3. The minimum Gasteiger partial charge on any atom is -0.497 e. The van der Waals surface area contributed by atoms with Gasteiger partial charge >= 0.3 is 0 Å². The number of anilines is 3. The van der Waals surface area contributed by atoms with Crippen molar-refractivity contribution >= 4 is 35.0 Å². The number of benzene rings is 1. The van der Waals surface area contributed by atoms with E-state index in [1.807, 2.05) is 19.1 Å². The predicted molar refractivity (Wildman–Crippen MR) is 153 cm³/mol. The molecule has 1 aromatic heterocycles. The van der Waals surface area contributed by atoms with Crippen LogP contribution in [0.25, 0.3) is 0 Å². The monoisotopic (exact) mass is 553 g/mol. The van der Waals surface area contributed by atoms with Crippen LogP contribution < -0.4 is 26.4 Å². The quantitative estimate of drug-likeness (QED) is 0.257. The molecule has 3 amide bonds. The van der Waals surface area contributed by atoms with Gasteiger partial charge in [0.25, 0.3) is 5.91 Å². The van der Waals surface area contributed by atoms with Crippen molar-refractivity contribution in [1.29, 1.82) is 0 Å². The standard InChI is InChI=1S/C28H39N7O5/c1-5-22-27(31-19-9-13-40-14-10-19)34-28(25(33-22)26(29)38)32-20-15-18(16-21(17-20)39-4)7-11-30-23(36)8-12-35(3)24(37)6-2/h6,15-17,19H,2,5,7-14H2,1,3-4H3,(H2,29,38)(H,30,36)(H2,31,32,34). The molecule has 0 radical (unpaired) electrons. The predicted octanol–water partition coefficient (Wildman–Crippen LogP) is 2.17. The highest BCUT2D eigenvalue weighted by Gasteiger charge is 2.21. The molecule has 12 nitrogen and oxygen atoms in total. The van der Waals surface area contributed by atoms with Gasteiger partial charge in [-0.1, -0.05) is 13.5 Å². The summed E-state index contributed by atoms with van der Waals surface area (Å²) in [6, 6.07) is 5.73. The molecule has 0 unspecified atom stereocenters. The lowest BCUT2D eigenvalue weighted by molar-refractivity contribution is -0.126. The van der Waals surface area contributed by atoms with Crippen LogP contribution in [-0.2, 0) is 27.2 Å². The summed E-state index contributed by atoms with van der Waals surface area (Å²) in [5.74, 6) is 0.359. The van der Waals surface area contributed by atoms with Crippen LogP contribution in [0.15, 0.2) is 30.9 Å². The number of ether oxygens (including phenoxy) is 2. The third-order valence-corrected chi connectivity index (χ3v) is 6.52. The van der Waals surface area contributed by atoms with E-state index in [0.29, 0.717) is 62.1 Å². The third kappa shape index (κ3) is 8.67. The number of hydrogen-bond acceptors (Lipinski definition) is 9. The number of nitrogens with one attached hydrogen (secondary N) is 3. The summed E-state index contributed by atoms with van der Waals surface area (Å²) in [6.45, 7) is 7.44. The number of carbonyl (C=O) groups excluding carboxylic acids is 3. The van der Waals surface area contributed by atoms with Crippen LogP contribution in [0.4, 0.5) is 17.3 Å². The van der Waals surface area contributed by atoms with Crippen LogP contribution in [-0.4, -0.2) is 79.1 Å². The first kappa shape index (κ1) is 30.4. The molecule has 1 aliphatic heterocycles. The van der Waals surface area contributed by atoms with Crippen molar-refractivity contribution in [3.8, 4) is 5.75 Å². The second-order valence-electron chi connectivity index (χ2n) is 9.47. The Bertz CT molecular complexity index is 1210. The Morgan fingerprint density at radius 1 is 1.20 bits per heavy atom. The van der Waals surface area contributed by atoms with E-state index in [-0.39, 0.29) is 35.8 Å². The number of likely N-dealkylation sites (N-methyl/N-ethyl adjacent to an activating group) is 1. The second kappa shape index (κ2) is 14.8. The zero-order valence-electron chi connectivity index (χ0n) is 23.4. The van der Waals surface area contributed by atoms with E-state index in [1.54, 1.807) is 20.2 Å². The lowest BCUT2D eigenvalue weighted by Crippen LogP contribution is -2.32. The topological polar surface area (TPSA) is 161 Å². The van der Waals surface area contributed by atoms with Crippen molar-refractivity contribution in [2.45, 2.75) is 45.1 Å². The van der Waals surface area contributed by atoms with E-state index >= 15 is 0 Å². The second-order valence-corrected chi connectivity index (χ2v) is 9.47. The molecule has 5 N–H and O–H groups in total. The number of nitrogens with two attached hydrogens (primary N) is 1. The Morgan fingerprint density at radius 3 is 2.60 bits per heavy atom. The third-order valence-electron chi connectivity index (χ3n) is 6.52. The van der Waals surface area contributed by atoms with Gasteiger partial charge in [0.1, 0.15) is 5.75 Å². The highest BCUT2D eigenvalue weighted by atomic mass is 16.5. The van der Waals surface area contributed by atoms with Crippen LogP contribution in [0.3, 0.4) is 0 Å². The summed E-state index contributed by atoms with van der Waals surface area (Å²) >= 11 is 0. The van der Waals surface area contributed by atoms with Gasteiger partial charge in [-0.2, -0.15) is 0 Å². The number of carbonyl (C=O) groups is 3. The largest absolute Gasteiger partial charge is 0.497 e. The Hall–Kier alpha value is -4.19. The van der Waals surface area contributed by atoms with Crippen molar-refractivity contribution in [2.24, 2.45) is 5.73 Å². The zero-order chi connectivity index (χ0) is 29.1. The van der Waals surface area contributed by atoms with Crippen molar-refractivity contribution in [3.63, 3.8) is 0 Å². The van der Waals surface area contributed by atoms with Crippen molar-refractivity contribution in [3.05, 3.63) is 47.8 Å². The van der Waals surface area contributed by atoms with E-state index in [2.05, 4.69) is 27.5 Å². The number of rotatable bonds is 14. The van der Waals surface area contributed by atoms with E-state index in [9.17, 15) is 14.4 Å². The molecule has 0 spiro atoms. The molecule has 0 bridgehead atoms. The number of primary amides is 1. The molecule has 0 atom stereocenters. The Balaban J connectivity index is 1.73. The van der Waals surface area contributed by atoms with Gasteiger partial charge in [0, 0.05) is 57.6 Å². The molecule has 0 saturated carbocycles. The van der Waals surface area contributed by atoms with Gasteiger partial charge in [-0.05, 0) is 49.5 Å². The fraction of sp³-hybridized carbons (Fsp3) is 0.464. The molecule has 40 heavy (non-hydrogen) atoms. The molecule has 0 aliphatic carbocycles. The SMILES string of the molecule is C=CC(=O)N(C)CCC(=O)NCCc1cc(Nc2nc(NC3CCOCC3)c(CC)nc2C(N)=O)cc(OC)c1. The molecule has 2 heterocycles. The van der Waals surface area contributed by atoms with Gasteiger partial charge in [-0.15, -0.1) is 0 Å². The zero-order valence-corrected chi connectivity index (χ0v) is 23.4. The smallest absolute Gasteiger partial charge is 0.271 e. The average Bonchev–Trinajstić information content (AvgIpc) is 2.95. The lowest BCUT2D eigenvalue weighted by Gasteiger charge is -2.25. The van der Waals surface area contributed by atoms with Crippen LogP contribution in [0, 0.1) is 0 Å². The van der Waals surface area contributed by atoms with Crippen molar-refractivity contribution < 1.29 is 23.9 Å². The summed E-state index contributed by atoms with van der Waals surface area (Å²) in [5, 5.41) is 9.52. The molecular formula is C28H39N7O5. The maximum atomic E-state index is 12.3. The molecule has 1 saturated heterocycles. The molecule has 1 fully saturated rings. The van der Waals surface area contributed by atoms with Crippen LogP contribution in [0.1, 0.15) is 47.9 Å². The van der Waals surface area contributed by atoms with Gasteiger partial charge < -0.3 is 36.1 Å². The summed E-state index contributed by atoms with van der Waals surface area (Å²) in [7, 11) is 3.18. The fourth-order valence-corrected chi connectivity index (χ4v) is 4.23. The van der Waals surface area contributed by atoms with Gasteiger partial charge in [0.2, 0.25) is 11.8 Å². The van der Waals surface area contributed by atoms with Gasteiger partial charge in [-0.3, -0.25) is 14.4 Å². The molecule has 216 valence electrons. The number of methoxy groups -OCH3 is 1. The number of aryl methyl sites for hydroxylation is 1. The fourth-order valence-electron chi connectivity index (χ4n) is 4.23.